The maximum atomic E-state index is 12.7. The van der Waals surface area contributed by atoms with Crippen molar-refractivity contribution in [3.8, 4) is 11.5 Å². The van der Waals surface area contributed by atoms with Gasteiger partial charge in [0.1, 0.15) is 6.04 Å². The molecule has 1 atom stereocenters. The van der Waals surface area contributed by atoms with Crippen molar-refractivity contribution in [3.05, 3.63) is 102 Å². The maximum Gasteiger partial charge on any atom is 0.320 e. The third-order valence-electron chi connectivity index (χ3n) is 4.64. The normalized spacial score (nSPS) is 11.5. The number of benzene rings is 3. The summed E-state index contributed by atoms with van der Waals surface area (Å²) in [6, 6.07) is 24.4. The minimum atomic E-state index is -0.651. The van der Waals surface area contributed by atoms with Crippen LogP contribution in [0.4, 0.5) is 10.5 Å². The van der Waals surface area contributed by atoms with Crippen LogP contribution in [0.2, 0.25) is 0 Å². The van der Waals surface area contributed by atoms with Crippen LogP contribution in [0.1, 0.15) is 34.8 Å². The van der Waals surface area contributed by atoms with Crippen LogP contribution < -0.4 is 10.6 Å². The number of hydrogen-bond donors (Lipinski definition) is 2. The van der Waals surface area contributed by atoms with Gasteiger partial charge in [0.25, 0.3) is 0 Å². The first-order valence-electron chi connectivity index (χ1n) is 9.72. The van der Waals surface area contributed by atoms with E-state index in [-0.39, 0.29) is 11.7 Å². The SMILES string of the molecule is CC(=O)c1cccc(NC(=O)N[C@H](c2ccccc2)c2nnc(-c3ccccc3)o2)c1. The van der Waals surface area contributed by atoms with Gasteiger partial charge in [-0.05, 0) is 36.8 Å². The van der Waals surface area contributed by atoms with E-state index < -0.39 is 12.1 Å². The van der Waals surface area contributed by atoms with Gasteiger partial charge in [-0.25, -0.2) is 4.79 Å². The summed E-state index contributed by atoms with van der Waals surface area (Å²) >= 11 is 0. The highest BCUT2D eigenvalue weighted by Crippen LogP contribution is 2.25. The van der Waals surface area contributed by atoms with Gasteiger partial charge >= 0.3 is 6.03 Å². The van der Waals surface area contributed by atoms with E-state index in [0.29, 0.717) is 17.1 Å². The summed E-state index contributed by atoms with van der Waals surface area (Å²) in [5, 5.41) is 13.9. The Morgan fingerprint density at radius 2 is 1.58 bits per heavy atom. The fraction of sp³-hybridized carbons (Fsp3) is 0.0833. The van der Waals surface area contributed by atoms with Gasteiger partial charge in [0.2, 0.25) is 11.8 Å². The lowest BCUT2D eigenvalue weighted by Crippen LogP contribution is -2.33. The van der Waals surface area contributed by atoms with Crippen molar-refractivity contribution >= 4 is 17.5 Å². The number of nitrogens with zero attached hydrogens (tertiary/aromatic N) is 2. The molecule has 4 rings (SSSR count). The summed E-state index contributed by atoms with van der Waals surface area (Å²) in [6.45, 7) is 1.48. The standard InChI is InChI=1S/C24H20N4O3/c1-16(29)19-13-8-14-20(15-19)25-24(30)26-21(17-9-4-2-5-10-17)23-28-27-22(31-23)18-11-6-3-7-12-18/h2-15,21H,1H3,(H2,25,26,30)/t21-/m1/s1. The minimum absolute atomic E-state index is 0.0782. The maximum absolute atomic E-state index is 12.7. The van der Waals surface area contributed by atoms with E-state index in [0.717, 1.165) is 11.1 Å². The molecule has 0 unspecified atom stereocenters. The summed E-state index contributed by atoms with van der Waals surface area (Å²) in [7, 11) is 0. The molecule has 0 fully saturated rings. The molecule has 1 heterocycles. The number of carbonyl (C=O) groups is 2. The second-order valence-corrected chi connectivity index (χ2v) is 6.89. The molecule has 0 saturated heterocycles. The van der Waals surface area contributed by atoms with Gasteiger partial charge in [-0.15, -0.1) is 10.2 Å². The van der Waals surface area contributed by atoms with Gasteiger partial charge in [-0.3, -0.25) is 4.79 Å². The lowest BCUT2D eigenvalue weighted by molar-refractivity contribution is 0.101. The zero-order valence-electron chi connectivity index (χ0n) is 16.8. The molecule has 0 spiro atoms. The first kappa shape index (κ1) is 20.0. The van der Waals surface area contributed by atoms with Crippen LogP contribution in [0.5, 0.6) is 0 Å². The monoisotopic (exact) mass is 412 g/mol. The smallest absolute Gasteiger partial charge is 0.320 e. The number of hydrogen-bond acceptors (Lipinski definition) is 5. The van der Waals surface area contributed by atoms with Crippen molar-refractivity contribution < 1.29 is 14.0 Å². The molecule has 0 saturated carbocycles. The molecule has 0 aliphatic carbocycles. The molecule has 1 aromatic heterocycles. The van der Waals surface area contributed by atoms with Crippen molar-refractivity contribution in [2.75, 3.05) is 5.32 Å². The van der Waals surface area contributed by atoms with Gasteiger partial charge in [0.05, 0.1) is 0 Å². The molecule has 2 amide bonds. The largest absolute Gasteiger partial charge is 0.418 e. The first-order valence-corrected chi connectivity index (χ1v) is 9.72. The highest BCUT2D eigenvalue weighted by molar-refractivity contribution is 5.96. The summed E-state index contributed by atoms with van der Waals surface area (Å²) in [5.74, 6) is 0.552. The number of Topliss-reactive ketones (excluding diaryl/α,β-unsaturated/α-hetero) is 1. The van der Waals surface area contributed by atoms with E-state index in [9.17, 15) is 9.59 Å². The molecule has 0 aliphatic heterocycles. The zero-order chi connectivity index (χ0) is 21.6. The molecule has 3 aromatic carbocycles. The molecule has 0 bridgehead atoms. The van der Waals surface area contributed by atoms with Crippen LogP contribution in [-0.4, -0.2) is 22.0 Å². The molecular formula is C24H20N4O3. The van der Waals surface area contributed by atoms with E-state index in [1.165, 1.54) is 6.92 Å². The first-order chi connectivity index (χ1) is 15.1. The van der Waals surface area contributed by atoms with E-state index in [1.54, 1.807) is 24.3 Å². The number of anilines is 1. The summed E-state index contributed by atoms with van der Waals surface area (Å²) in [6.07, 6.45) is 0. The number of carbonyl (C=O) groups excluding carboxylic acids is 2. The number of urea groups is 1. The van der Waals surface area contributed by atoms with Gasteiger partial charge in [-0.2, -0.15) is 0 Å². The average molecular weight is 412 g/mol. The highest BCUT2D eigenvalue weighted by atomic mass is 16.4. The number of rotatable bonds is 6. The Morgan fingerprint density at radius 3 is 2.29 bits per heavy atom. The van der Waals surface area contributed by atoms with Crippen LogP contribution in [0, 0.1) is 0 Å². The zero-order valence-corrected chi connectivity index (χ0v) is 16.8. The predicted molar refractivity (Wildman–Crippen MR) is 117 cm³/mol. The number of amides is 2. The van der Waals surface area contributed by atoms with E-state index in [2.05, 4.69) is 20.8 Å². The predicted octanol–water partition coefficient (Wildman–Crippen LogP) is 4.85. The van der Waals surface area contributed by atoms with Crippen molar-refractivity contribution in [1.82, 2.24) is 15.5 Å². The fourth-order valence-corrected chi connectivity index (χ4v) is 3.10. The van der Waals surface area contributed by atoms with Crippen LogP contribution in [0.15, 0.2) is 89.3 Å². The lowest BCUT2D eigenvalue weighted by atomic mass is 10.1. The summed E-state index contributed by atoms with van der Waals surface area (Å²) in [5.41, 5.74) is 2.60. The van der Waals surface area contributed by atoms with Gasteiger partial charge in [0.15, 0.2) is 5.78 Å². The van der Waals surface area contributed by atoms with Crippen LogP contribution in [0.3, 0.4) is 0 Å². The molecule has 4 aromatic rings. The van der Waals surface area contributed by atoms with Crippen molar-refractivity contribution in [2.45, 2.75) is 13.0 Å². The second kappa shape index (κ2) is 9.04. The van der Waals surface area contributed by atoms with Gasteiger partial charge in [0, 0.05) is 16.8 Å². The van der Waals surface area contributed by atoms with Crippen molar-refractivity contribution in [1.29, 1.82) is 0 Å². The molecule has 31 heavy (non-hydrogen) atoms. The minimum Gasteiger partial charge on any atom is -0.418 e. The second-order valence-electron chi connectivity index (χ2n) is 6.89. The summed E-state index contributed by atoms with van der Waals surface area (Å²) < 4.78 is 5.88. The Bertz CT molecular complexity index is 1190. The third kappa shape index (κ3) is 4.84. The molecule has 7 nitrogen and oxygen atoms in total. The van der Waals surface area contributed by atoms with Crippen molar-refractivity contribution in [2.24, 2.45) is 0 Å². The molecule has 154 valence electrons. The van der Waals surface area contributed by atoms with E-state index >= 15 is 0 Å². The summed E-state index contributed by atoms with van der Waals surface area (Å²) in [4.78, 5) is 24.3. The Balaban J connectivity index is 1.58. The van der Waals surface area contributed by atoms with Gasteiger partial charge < -0.3 is 15.1 Å². The number of ketones is 1. The van der Waals surface area contributed by atoms with Gasteiger partial charge in [-0.1, -0.05) is 60.7 Å². The van der Waals surface area contributed by atoms with Crippen molar-refractivity contribution in [3.63, 3.8) is 0 Å². The van der Waals surface area contributed by atoms with Crippen LogP contribution in [-0.2, 0) is 0 Å². The topological polar surface area (TPSA) is 97.1 Å². The highest BCUT2D eigenvalue weighted by Gasteiger charge is 2.23. The Kier molecular flexibility index (Phi) is 5.84. The van der Waals surface area contributed by atoms with Crippen LogP contribution >= 0.6 is 0 Å². The van der Waals surface area contributed by atoms with E-state index in [1.807, 2.05) is 60.7 Å². The Hall–Kier alpha value is -4.26. The Morgan fingerprint density at radius 1 is 0.871 bits per heavy atom. The van der Waals surface area contributed by atoms with Crippen LogP contribution in [0.25, 0.3) is 11.5 Å². The lowest BCUT2D eigenvalue weighted by Gasteiger charge is -2.16. The quantitative estimate of drug-likeness (QED) is 0.441. The molecule has 2 N–H and O–H groups in total. The fourth-order valence-electron chi connectivity index (χ4n) is 3.10. The molecule has 7 heteroatoms. The molecule has 0 radical (unpaired) electrons. The molecular weight excluding hydrogens is 392 g/mol. The average Bonchev–Trinajstić information content (AvgIpc) is 3.29. The third-order valence-corrected chi connectivity index (χ3v) is 4.64. The number of aromatic nitrogens is 2. The molecule has 0 aliphatic rings. The van der Waals surface area contributed by atoms with E-state index in [4.69, 9.17) is 4.42 Å². The number of nitrogens with one attached hydrogen (secondary N) is 2. The Labute approximate surface area is 179 Å².